The van der Waals surface area contributed by atoms with E-state index in [-0.39, 0.29) is 12.4 Å². The molecule has 5 heteroatoms. The third-order valence-electron chi connectivity index (χ3n) is 1.95. The van der Waals surface area contributed by atoms with Crippen LogP contribution in [0.4, 0.5) is 5.69 Å². The highest BCUT2D eigenvalue weighted by Crippen LogP contribution is 2.14. The normalized spacial score (nSPS) is 9.31. The molecule has 2 heterocycles. The van der Waals surface area contributed by atoms with E-state index in [9.17, 15) is 0 Å². The molecule has 2 aromatic rings. The lowest BCUT2D eigenvalue weighted by atomic mass is 10.2. The van der Waals surface area contributed by atoms with Crippen LogP contribution in [-0.2, 0) is 6.54 Å². The lowest BCUT2D eigenvalue weighted by molar-refractivity contribution is 1.12. The van der Waals surface area contributed by atoms with Crippen molar-refractivity contribution in [2.24, 2.45) is 0 Å². The average Bonchev–Trinajstić information content (AvgIpc) is 2.28. The molecular weight excluding hydrogens is 289 g/mol. The number of rotatable bonds is 3. The van der Waals surface area contributed by atoms with E-state index < -0.39 is 0 Å². The number of hydrogen-bond acceptors (Lipinski definition) is 3. The standard InChI is InChI=1S/C11H10BrN3.ClH/c12-10-5-11(8-14-7-10)15-6-9-1-3-13-4-2-9;/h1-5,7-8,15H,6H2;1H. The van der Waals surface area contributed by atoms with Gasteiger partial charge in [0.15, 0.2) is 0 Å². The smallest absolute Gasteiger partial charge is 0.0540 e. The minimum absolute atomic E-state index is 0. The van der Waals surface area contributed by atoms with E-state index in [1.807, 2.05) is 18.2 Å². The molecule has 0 aliphatic heterocycles. The summed E-state index contributed by atoms with van der Waals surface area (Å²) in [6, 6.07) is 5.96. The van der Waals surface area contributed by atoms with E-state index in [0.29, 0.717) is 0 Å². The summed E-state index contributed by atoms with van der Waals surface area (Å²) in [5.74, 6) is 0. The Balaban J connectivity index is 0.00000128. The predicted octanol–water partition coefficient (Wildman–Crippen LogP) is 3.27. The molecule has 0 unspecified atom stereocenters. The zero-order valence-electron chi connectivity index (χ0n) is 8.43. The first-order valence-electron chi connectivity index (χ1n) is 4.58. The van der Waals surface area contributed by atoms with Crippen LogP contribution in [-0.4, -0.2) is 9.97 Å². The van der Waals surface area contributed by atoms with Crippen LogP contribution in [0.2, 0.25) is 0 Å². The van der Waals surface area contributed by atoms with Gasteiger partial charge in [-0.15, -0.1) is 12.4 Å². The van der Waals surface area contributed by atoms with Crippen molar-refractivity contribution >= 4 is 34.0 Å². The summed E-state index contributed by atoms with van der Waals surface area (Å²) in [4.78, 5) is 8.04. The fourth-order valence-corrected chi connectivity index (χ4v) is 1.58. The van der Waals surface area contributed by atoms with Gasteiger partial charge in [0.25, 0.3) is 0 Å². The van der Waals surface area contributed by atoms with Gasteiger partial charge < -0.3 is 5.32 Å². The number of halogens is 2. The number of anilines is 1. The Bertz CT molecular complexity index is 436. The van der Waals surface area contributed by atoms with Gasteiger partial charge in [0.2, 0.25) is 0 Å². The monoisotopic (exact) mass is 299 g/mol. The lowest BCUT2D eigenvalue weighted by Crippen LogP contribution is -1.99. The van der Waals surface area contributed by atoms with Crippen molar-refractivity contribution in [1.29, 1.82) is 0 Å². The predicted molar refractivity (Wildman–Crippen MR) is 70.7 cm³/mol. The minimum atomic E-state index is 0. The van der Waals surface area contributed by atoms with Gasteiger partial charge in [-0.2, -0.15) is 0 Å². The highest BCUT2D eigenvalue weighted by atomic mass is 79.9. The van der Waals surface area contributed by atoms with Crippen LogP contribution in [0.3, 0.4) is 0 Å². The van der Waals surface area contributed by atoms with Crippen molar-refractivity contribution in [2.45, 2.75) is 6.54 Å². The first-order chi connectivity index (χ1) is 7.34. The van der Waals surface area contributed by atoms with Crippen molar-refractivity contribution in [3.8, 4) is 0 Å². The van der Waals surface area contributed by atoms with Gasteiger partial charge in [-0.1, -0.05) is 0 Å². The second-order valence-corrected chi connectivity index (χ2v) is 4.02. The van der Waals surface area contributed by atoms with E-state index >= 15 is 0 Å². The Hall–Kier alpha value is -1.13. The Labute approximate surface area is 109 Å². The molecule has 0 aromatic carbocycles. The van der Waals surface area contributed by atoms with Crippen LogP contribution in [0, 0.1) is 0 Å². The quantitative estimate of drug-likeness (QED) is 0.945. The second kappa shape index (κ2) is 6.45. The Morgan fingerprint density at radius 1 is 1.12 bits per heavy atom. The maximum Gasteiger partial charge on any atom is 0.0540 e. The van der Waals surface area contributed by atoms with Crippen LogP contribution in [0.25, 0.3) is 0 Å². The van der Waals surface area contributed by atoms with Gasteiger partial charge in [0.05, 0.1) is 11.9 Å². The van der Waals surface area contributed by atoms with Crippen LogP contribution in [0.1, 0.15) is 5.56 Å². The highest BCUT2D eigenvalue weighted by molar-refractivity contribution is 9.10. The number of nitrogens with one attached hydrogen (secondary N) is 1. The summed E-state index contributed by atoms with van der Waals surface area (Å²) in [5.41, 5.74) is 2.20. The molecule has 0 bridgehead atoms. The summed E-state index contributed by atoms with van der Waals surface area (Å²) >= 11 is 3.38. The molecule has 0 aliphatic rings. The molecule has 16 heavy (non-hydrogen) atoms. The van der Waals surface area contributed by atoms with Crippen LogP contribution >= 0.6 is 28.3 Å². The maximum atomic E-state index is 4.07. The lowest BCUT2D eigenvalue weighted by Gasteiger charge is -2.05. The SMILES string of the molecule is Brc1cncc(NCc2ccncc2)c1.Cl. The molecular formula is C11H11BrClN3. The van der Waals surface area contributed by atoms with Gasteiger partial charge in [-0.25, -0.2) is 0 Å². The van der Waals surface area contributed by atoms with Gasteiger partial charge in [-0.05, 0) is 39.7 Å². The molecule has 0 aliphatic carbocycles. The molecule has 0 atom stereocenters. The summed E-state index contributed by atoms with van der Waals surface area (Å²) in [6.07, 6.45) is 7.13. The zero-order valence-corrected chi connectivity index (χ0v) is 10.8. The maximum absolute atomic E-state index is 4.07. The van der Waals surface area contributed by atoms with E-state index in [0.717, 1.165) is 16.7 Å². The number of aromatic nitrogens is 2. The van der Waals surface area contributed by atoms with Crippen molar-refractivity contribution in [3.05, 3.63) is 53.0 Å². The Kier molecular flexibility index (Phi) is 5.22. The minimum Gasteiger partial charge on any atom is -0.380 e. The molecule has 1 N–H and O–H groups in total. The molecule has 0 amide bonds. The van der Waals surface area contributed by atoms with Gasteiger partial charge in [0.1, 0.15) is 0 Å². The highest BCUT2D eigenvalue weighted by Gasteiger charge is 1.94. The van der Waals surface area contributed by atoms with Crippen molar-refractivity contribution < 1.29 is 0 Å². The van der Waals surface area contributed by atoms with E-state index in [4.69, 9.17) is 0 Å². The van der Waals surface area contributed by atoms with Crippen molar-refractivity contribution in [3.63, 3.8) is 0 Å². The van der Waals surface area contributed by atoms with E-state index in [1.54, 1.807) is 24.8 Å². The zero-order chi connectivity index (χ0) is 10.5. The van der Waals surface area contributed by atoms with Crippen LogP contribution < -0.4 is 5.32 Å². The van der Waals surface area contributed by atoms with E-state index in [2.05, 4.69) is 31.2 Å². The first kappa shape index (κ1) is 12.9. The summed E-state index contributed by atoms with van der Waals surface area (Å²) in [6.45, 7) is 0.778. The van der Waals surface area contributed by atoms with Crippen LogP contribution in [0.5, 0.6) is 0 Å². The third kappa shape index (κ3) is 3.79. The number of pyridine rings is 2. The molecule has 0 fully saturated rings. The molecule has 0 saturated heterocycles. The second-order valence-electron chi connectivity index (χ2n) is 3.10. The topological polar surface area (TPSA) is 37.8 Å². The third-order valence-corrected chi connectivity index (χ3v) is 2.38. The molecule has 2 aromatic heterocycles. The molecule has 2 rings (SSSR count). The molecule has 0 radical (unpaired) electrons. The summed E-state index contributed by atoms with van der Waals surface area (Å²) < 4.78 is 0.974. The Morgan fingerprint density at radius 2 is 1.88 bits per heavy atom. The summed E-state index contributed by atoms with van der Waals surface area (Å²) in [7, 11) is 0. The van der Waals surface area contributed by atoms with Crippen molar-refractivity contribution in [1.82, 2.24) is 9.97 Å². The molecule has 0 saturated carbocycles. The summed E-state index contributed by atoms with van der Waals surface area (Å²) in [5, 5.41) is 3.28. The first-order valence-corrected chi connectivity index (χ1v) is 5.37. The fourth-order valence-electron chi connectivity index (χ4n) is 1.21. The van der Waals surface area contributed by atoms with Crippen LogP contribution in [0.15, 0.2) is 47.5 Å². The fraction of sp³-hybridized carbons (Fsp3) is 0.0909. The average molecular weight is 301 g/mol. The van der Waals surface area contributed by atoms with E-state index in [1.165, 1.54) is 5.56 Å². The number of nitrogens with zero attached hydrogens (tertiary/aromatic N) is 2. The molecule has 84 valence electrons. The van der Waals surface area contributed by atoms with Crippen molar-refractivity contribution in [2.75, 3.05) is 5.32 Å². The van der Waals surface area contributed by atoms with Gasteiger partial charge in [0, 0.05) is 29.6 Å². The molecule has 0 spiro atoms. The van der Waals surface area contributed by atoms with Gasteiger partial charge in [-0.3, -0.25) is 9.97 Å². The molecule has 3 nitrogen and oxygen atoms in total. The number of hydrogen-bond donors (Lipinski definition) is 1. The Morgan fingerprint density at radius 3 is 2.56 bits per heavy atom. The van der Waals surface area contributed by atoms with Gasteiger partial charge >= 0.3 is 0 Å². The largest absolute Gasteiger partial charge is 0.380 e.